The fourth-order valence-electron chi connectivity index (χ4n) is 2.47. The lowest BCUT2D eigenvalue weighted by molar-refractivity contribution is 0.545. The molecule has 0 bridgehead atoms. The molecule has 0 unspecified atom stereocenters. The number of benzene rings is 1. The first-order valence-electron chi connectivity index (χ1n) is 7.98. The molecule has 2 heteroatoms. The number of pyridine rings is 1. The highest BCUT2D eigenvalue weighted by Gasteiger charge is 2.07. The second-order valence-corrected chi connectivity index (χ2v) is 6.92. The monoisotopic (exact) mass is 306 g/mol. The van der Waals surface area contributed by atoms with Crippen molar-refractivity contribution in [1.82, 2.24) is 10.3 Å². The van der Waals surface area contributed by atoms with Crippen molar-refractivity contribution in [2.75, 3.05) is 0 Å². The number of nitrogens with zero attached hydrogens (tertiary/aromatic N) is 1. The molecule has 0 saturated carbocycles. The standard InChI is InChI=1S/C21H26N2/c1-16(14-21(3,4)5)18-9-11-19(12-10-18)17(2)23-15-20-8-6-7-13-22-20/h6-14,23H,2,15H2,1,3-5H3/b16-14+. The van der Waals surface area contributed by atoms with Crippen LogP contribution in [0.3, 0.4) is 0 Å². The Bertz CT molecular complexity index is 674. The van der Waals surface area contributed by atoms with E-state index < -0.39 is 0 Å². The van der Waals surface area contributed by atoms with Gasteiger partial charge in [-0.05, 0) is 41.2 Å². The molecular formula is C21H26N2. The SMILES string of the molecule is C=C(NCc1ccccn1)c1ccc(/C(C)=C/C(C)(C)C)cc1. The summed E-state index contributed by atoms with van der Waals surface area (Å²) in [6, 6.07) is 14.5. The van der Waals surface area contributed by atoms with Crippen molar-refractivity contribution in [1.29, 1.82) is 0 Å². The first kappa shape index (κ1) is 17.0. The van der Waals surface area contributed by atoms with Gasteiger partial charge in [-0.15, -0.1) is 0 Å². The molecule has 0 amide bonds. The van der Waals surface area contributed by atoms with Crippen LogP contribution in [-0.4, -0.2) is 4.98 Å². The van der Waals surface area contributed by atoms with Crippen molar-refractivity contribution in [3.05, 3.63) is 78.1 Å². The van der Waals surface area contributed by atoms with Gasteiger partial charge in [-0.3, -0.25) is 4.98 Å². The maximum Gasteiger partial charge on any atom is 0.0594 e. The van der Waals surface area contributed by atoms with Crippen LogP contribution in [0.4, 0.5) is 0 Å². The third-order valence-corrected chi connectivity index (χ3v) is 3.55. The van der Waals surface area contributed by atoms with E-state index >= 15 is 0 Å². The highest BCUT2D eigenvalue weighted by atomic mass is 14.9. The summed E-state index contributed by atoms with van der Waals surface area (Å²) < 4.78 is 0. The Morgan fingerprint density at radius 2 is 1.74 bits per heavy atom. The van der Waals surface area contributed by atoms with Crippen LogP contribution in [0.1, 0.15) is 44.5 Å². The van der Waals surface area contributed by atoms with E-state index in [0.29, 0.717) is 6.54 Å². The molecule has 2 rings (SSSR count). The molecule has 0 spiro atoms. The highest BCUT2D eigenvalue weighted by Crippen LogP contribution is 2.24. The second-order valence-electron chi connectivity index (χ2n) is 6.92. The van der Waals surface area contributed by atoms with Gasteiger partial charge in [-0.25, -0.2) is 0 Å². The molecule has 0 aliphatic rings. The number of aromatic nitrogens is 1. The average molecular weight is 306 g/mol. The van der Waals surface area contributed by atoms with Gasteiger partial charge in [0.25, 0.3) is 0 Å². The predicted molar refractivity (Wildman–Crippen MR) is 99.7 cm³/mol. The van der Waals surface area contributed by atoms with Gasteiger partial charge in [0, 0.05) is 11.9 Å². The first-order valence-corrected chi connectivity index (χ1v) is 7.98. The maximum absolute atomic E-state index is 4.30. The molecule has 0 aliphatic heterocycles. The summed E-state index contributed by atoms with van der Waals surface area (Å²) in [6.07, 6.45) is 4.11. The Morgan fingerprint density at radius 3 is 2.30 bits per heavy atom. The summed E-state index contributed by atoms with van der Waals surface area (Å²) >= 11 is 0. The summed E-state index contributed by atoms with van der Waals surface area (Å²) in [6.45, 7) is 13.6. The molecule has 0 atom stereocenters. The van der Waals surface area contributed by atoms with E-state index in [0.717, 1.165) is 17.0 Å². The molecule has 1 heterocycles. The molecule has 1 aromatic heterocycles. The Hall–Kier alpha value is -2.35. The fraction of sp³-hybridized carbons (Fsp3) is 0.286. The minimum absolute atomic E-state index is 0.191. The van der Waals surface area contributed by atoms with Gasteiger partial charge in [-0.2, -0.15) is 0 Å². The molecule has 2 nitrogen and oxygen atoms in total. The minimum Gasteiger partial charge on any atom is -0.379 e. The van der Waals surface area contributed by atoms with E-state index in [-0.39, 0.29) is 5.41 Å². The van der Waals surface area contributed by atoms with Crippen molar-refractivity contribution < 1.29 is 0 Å². The van der Waals surface area contributed by atoms with Gasteiger partial charge in [0.05, 0.1) is 12.2 Å². The van der Waals surface area contributed by atoms with E-state index in [1.165, 1.54) is 11.1 Å². The second kappa shape index (κ2) is 7.28. The Balaban J connectivity index is 2.02. The third kappa shape index (κ3) is 5.41. The van der Waals surface area contributed by atoms with Gasteiger partial charge in [0.15, 0.2) is 0 Å². The summed E-state index contributed by atoms with van der Waals surface area (Å²) in [5.41, 5.74) is 5.77. The van der Waals surface area contributed by atoms with Gasteiger partial charge >= 0.3 is 0 Å². The summed E-state index contributed by atoms with van der Waals surface area (Å²) in [5.74, 6) is 0. The minimum atomic E-state index is 0.191. The van der Waals surface area contributed by atoms with Crippen LogP contribution in [0.25, 0.3) is 11.3 Å². The predicted octanol–water partition coefficient (Wildman–Crippen LogP) is 5.29. The number of hydrogen-bond donors (Lipinski definition) is 1. The van der Waals surface area contributed by atoms with Crippen LogP contribution < -0.4 is 5.32 Å². The van der Waals surface area contributed by atoms with E-state index in [4.69, 9.17) is 0 Å². The van der Waals surface area contributed by atoms with Gasteiger partial charge in [0.2, 0.25) is 0 Å². The molecule has 1 N–H and O–H groups in total. The van der Waals surface area contributed by atoms with Crippen molar-refractivity contribution in [2.24, 2.45) is 5.41 Å². The molecule has 23 heavy (non-hydrogen) atoms. The molecule has 0 fully saturated rings. The quantitative estimate of drug-likeness (QED) is 0.811. The summed E-state index contributed by atoms with van der Waals surface area (Å²) in [4.78, 5) is 4.30. The van der Waals surface area contributed by atoms with Crippen LogP contribution in [0, 0.1) is 5.41 Å². The topological polar surface area (TPSA) is 24.9 Å². The third-order valence-electron chi connectivity index (χ3n) is 3.55. The van der Waals surface area contributed by atoms with E-state index in [9.17, 15) is 0 Å². The van der Waals surface area contributed by atoms with Crippen molar-refractivity contribution >= 4 is 11.3 Å². The van der Waals surface area contributed by atoms with Crippen molar-refractivity contribution in [3.63, 3.8) is 0 Å². The zero-order valence-electron chi connectivity index (χ0n) is 14.6. The lowest BCUT2D eigenvalue weighted by Gasteiger charge is -2.15. The van der Waals surface area contributed by atoms with E-state index in [1.54, 1.807) is 6.20 Å². The molecule has 0 radical (unpaired) electrons. The van der Waals surface area contributed by atoms with Gasteiger partial charge in [-0.1, -0.05) is 63.8 Å². The molecular weight excluding hydrogens is 280 g/mol. The van der Waals surface area contributed by atoms with Crippen LogP contribution in [0.15, 0.2) is 61.3 Å². The number of nitrogens with one attached hydrogen (secondary N) is 1. The van der Waals surface area contributed by atoms with Crippen LogP contribution in [-0.2, 0) is 6.54 Å². The number of hydrogen-bond acceptors (Lipinski definition) is 2. The normalized spacial score (nSPS) is 12.1. The summed E-state index contributed by atoms with van der Waals surface area (Å²) in [5, 5.41) is 3.33. The van der Waals surface area contributed by atoms with Crippen LogP contribution in [0.5, 0.6) is 0 Å². The maximum atomic E-state index is 4.30. The molecule has 1 aromatic carbocycles. The van der Waals surface area contributed by atoms with Crippen molar-refractivity contribution in [2.45, 2.75) is 34.2 Å². The smallest absolute Gasteiger partial charge is 0.0594 e. The zero-order valence-corrected chi connectivity index (χ0v) is 14.6. The average Bonchev–Trinajstić information content (AvgIpc) is 2.52. The Kier molecular flexibility index (Phi) is 5.38. The van der Waals surface area contributed by atoms with Crippen LogP contribution in [0.2, 0.25) is 0 Å². The fourth-order valence-corrected chi connectivity index (χ4v) is 2.47. The summed E-state index contributed by atoms with van der Waals surface area (Å²) in [7, 11) is 0. The molecule has 2 aromatic rings. The Morgan fingerprint density at radius 1 is 1.09 bits per heavy atom. The highest BCUT2D eigenvalue weighted by molar-refractivity contribution is 5.68. The lowest BCUT2D eigenvalue weighted by Crippen LogP contribution is -2.11. The lowest BCUT2D eigenvalue weighted by atomic mass is 9.91. The van der Waals surface area contributed by atoms with Crippen LogP contribution >= 0.6 is 0 Å². The zero-order chi connectivity index (χ0) is 16.9. The van der Waals surface area contributed by atoms with Gasteiger partial charge < -0.3 is 5.32 Å². The number of rotatable bonds is 5. The van der Waals surface area contributed by atoms with Gasteiger partial charge in [0.1, 0.15) is 0 Å². The molecule has 0 saturated heterocycles. The van der Waals surface area contributed by atoms with E-state index in [2.05, 4.69) is 74.9 Å². The Labute approximate surface area is 140 Å². The molecule has 120 valence electrons. The molecule has 0 aliphatic carbocycles. The number of allylic oxidation sites excluding steroid dienone is 2. The first-order chi connectivity index (χ1) is 10.8. The van der Waals surface area contributed by atoms with Crippen molar-refractivity contribution in [3.8, 4) is 0 Å². The largest absolute Gasteiger partial charge is 0.379 e. The van der Waals surface area contributed by atoms with E-state index in [1.807, 2.05) is 18.2 Å².